The summed E-state index contributed by atoms with van der Waals surface area (Å²) in [6.45, 7) is 3.49. The van der Waals surface area contributed by atoms with Gasteiger partial charge in [-0.3, -0.25) is 0 Å². The molecular weight excluding hydrogens is 224 g/mol. The SMILES string of the molecule is CC(CC1CCCCN1)Nc1cccc(CO)c1. The van der Waals surface area contributed by atoms with E-state index in [0.29, 0.717) is 12.1 Å². The first-order chi connectivity index (χ1) is 8.78. The molecule has 0 amide bonds. The molecule has 1 aromatic rings. The molecule has 0 spiro atoms. The smallest absolute Gasteiger partial charge is 0.0682 e. The molecule has 1 aromatic carbocycles. The highest BCUT2D eigenvalue weighted by Gasteiger charge is 2.15. The van der Waals surface area contributed by atoms with E-state index < -0.39 is 0 Å². The van der Waals surface area contributed by atoms with Crippen molar-refractivity contribution in [3.8, 4) is 0 Å². The number of hydrogen-bond donors (Lipinski definition) is 3. The van der Waals surface area contributed by atoms with Crippen LogP contribution in [0.15, 0.2) is 24.3 Å². The van der Waals surface area contributed by atoms with E-state index in [0.717, 1.165) is 24.2 Å². The minimum atomic E-state index is 0.105. The van der Waals surface area contributed by atoms with Gasteiger partial charge >= 0.3 is 0 Å². The first-order valence-corrected chi connectivity index (χ1v) is 6.97. The fraction of sp³-hybridized carbons (Fsp3) is 0.600. The highest BCUT2D eigenvalue weighted by atomic mass is 16.3. The van der Waals surface area contributed by atoms with E-state index in [1.807, 2.05) is 18.2 Å². The summed E-state index contributed by atoms with van der Waals surface area (Å²) in [5.41, 5.74) is 2.06. The molecule has 1 fully saturated rings. The third kappa shape index (κ3) is 4.00. The lowest BCUT2D eigenvalue weighted by Crippen LogP contribution is -2.37. The van der Waals surface area contributed by atoms with Crippen LogP contribution in [0.1, 0.15) is 38.2 Å². The Bertz CT molecular complexity index is 361. The molecule has 1 aliphatic heterocycles. The summed E-state index contributed by atoms with van der Waals surface area (Å²) < 4.78 is 0. The van der Waals surface area contributed by atoms with Crippen molar-refractivity contribution in [1.29, 1.82) is 0 Å². The fourth-order valence-electron chi connectivity index (χ4n) is 2.65. The predicted molar refractivity (Wildman–Crippen MR) is 75.7 cm³/mol. The third-order valence-electron chi connectivity index (χ3n) is 3.57. The van der Waals surface area contributed by atoms with Crippen LogP contribution in [-0.4, -0.2) is 23.7 Å². The lowest BCUT2D eigenvalue weighted by molar-refractivity contribution is 0.282. The summed E-state index contributed by atoms with van der Waals surface area (Å²) >= 11 is 0. The highest BCUT2D eigenvalue weighted by molar-refractivity contribution is 5.46. The Morgan fingerprint density at radius 1 is 1.44 bits per heavy atom. The van der Waals surface area contributed by atoms with Crippen molar-refractivity contribution in [2.45, 2.75) is 51.3 Å². The van der Waals surface area contributed by atoms with Gasteiger partial charge < -0.3 is 15.7 Å². The predicted octanol–water partition coefficient (Wildman–Crippen LogP) is 2.51. The van der Waals surface area contributed by atoms with Gasteiger partial charge in [-0.2, -0.15) is 0 Å². The van der Waals surface area contributed by atoms with Gasteiger partial charge in [-0.05, 0) is 50.4 Å². The summed E-state index contributed by atoms with van der Waals surface area (Å²) in [6, 6.07) is 9.11. The number of piperidine rings is 1. The van der Waals surface area contributed by atoms with E-state index in [-0.39, 0.29) is 6.61 Å². The second kappa shape index (κ2) is 6.76. The van der Waals surface area contributed by atoms with E-state index in [1.165, 1.54) is 19.3 Å². The molecule has 3 N–H and O–H groups in total. The molecule has 1 saturated heterocycles. The lowest BCUT2D eigenvalue weighted by atomic mass is 9.98. The topological polar surface area (TPSA) is 44.3 Å². The maximum Gasteiger partial charge on any atom is 0.0682 e. The van der Waals surface area contributed by atoms with Gasteiger partial charge in [0.2, 0.25) is 0 Å². The Morgan fingerprint density at radius 2 is 2.33 bits per heavy atom. The molecule has 1 aliphatic rings. The summed E-state index contributed by atoms with van der Waals surface area (Å²) in [7, 11) is 0. The van der Waals surface area contributed by atoms with Gasteiger partial charge in [0, 0.05) is 17.8 Å². The van der Waals surface area contributed by atoms with E-state index in [2.05, 4.69) is 23.6 Å². The Labute approximate surface area is 110 Å². The van der Waals surface area contributed by atoms with Gasteiger partial charge in [0.25, 0.3) is 0 Å². The Morgan fingerprint density at radius 3 is 3.06 bits per heavy atom. The van der Waals surface area contributed by atoms with Crippen LogP contribution >= 0.6 is 0 Å². The van der Waals surface area contributed by atoms with Crippen molar-refractivity contribution in [2.24, 2.45) is 0 Å². The van der Waals surface area contributed by atoms with Crippen molar-refractivity contribution in [2.75, 3.05) is 11.9 Å². The zero-order chi connectivity index (χ0) is 12.8. The maximum atomic E-state index is 9.12. The van der Waals surface area contributed by atoms with Crippen molar-refractivity contribution in [3.05, 3.63) is 29.8 Å². The van der Waals surface area contributed by atoms with Crippen LogP contribution in [-0.2, 0) is 6.61 Å². The number of aliphatic hydroxyl groups is 1. The molecule has 0 saturated carbocycles. The van der Waals surface area contributed by atoms with E-state index in [4.69, 9.17) is 5.11 Å². The van der Waals surface area contributed by atoms with Crippen LogP contribution < -0.4 is 10.6 Å². The van der Waals surface area contributed by atoms with Gasteiger partial charge in [0.1, 0.15) is 0 Å². The average Bonchev–Trinajstić information content (AvgIpc) is 2.40. The maximum absolute atomic E-state index is 9.12. The molecule has 18 heavy (non-hydrogen) atoms. The average molecular weight is 248 g/mol. The van der Waals surface area contributed by atoms with Crippen LogP contribution in [0.3, 0.4) is 0 Å². The van der Waals surface area contributed by atoms with Gasteiger partial charge in [-0.15, -0.1) is 0 Å². The standard InChI is InChI=1S/C15H24N2O/c1-12(9-14-6-2-3-8-16-14)17-15-7-4-5-13(10-15)11-18/h4-5,7,10,12,14,16-18H,2-3,6,8-9,11H2,1H3. The molecule has 1 heterocycles. The molecule has 3 heteroatoms. The third-order valence-corrected chi connectivity index (χ3v) is 3.57. The van der Waals surface area contributed by atoms with Gasteiger partial charge in [-0.1, -0.05) is 18.6 Å². The highest BCUT2D eigenvalue weighted by Crippen LogP contribution is 2.16. The second-order valence-corrected chi connectivity index (χ2v) is 5.29. The number of rotatable bonds is 5. The lowest BCUT2D eigenvalue weighted by Gasteiger charge is -2.27. The Hall–Kier alpha value is -1.06. The molecular formula is C15H24N2O. The molecule has 0 aliphatic carbocycles. The number of benzene rings is 1. The zero-order valence-electron chi connectivity index (χ0n) is 11.2. The van der Waals surface area contributed by atoms with Crippen molar-refractivity contribution in [1.82, 2.24) is 5.32 Å². The number of hydrogen-bond acceptors (Lipinski definition) is 3. The van der Waals surface area contributed by atoms with Crippen LogP contribution in [0, 0.1) is 0 Å². The summed E-state index contributed by atoms with van der Waals surface area (Å²) in [6.07, 6.45) is 5.12. The number of nitrogens with one attached hydrogen (secondary N) is 2. The van der Waals surface area contributed by atoms with Crippen LogP contribution in [0.25, 0.3) is 0 Å². The van der Waals surface area contributed by atoms with Crippen molar-refractivity contribution < 1.29 is 5.11 Å². The zero-order valence-corrected chi connectivity index (χ0v) is 11.2. The van der Waals surface area contributed by atoms with Crippen LogP contribution in [0.5, 0.6) is 0 Å². The first-order valence-electron chi connectivity index (χ1n) is 6.97. The Kier molecular flexibility index (Phi) is 5.02. The molecule has 2 atom stereocenters. The van der Waals surface area contributed by atoms with Gasteiger partial charge in [0.15, 0.2) is 0 Å². The number of aliphatic hydroxyl groups excluding tert-OH is 1. The summed E-state index contributed by atoms with van der Waals surface area (Å²) in [5.74, 6) is 0. The van der Waals surface area contributed by atoms with Crippen molar-refractivity contribution >= 4 is 5.69 Å². The Balaban J connectivity index is 1.83. The molecule has 3 nitrogen and oxygen atoms in total. The molecule has 2 rings (SSSR count). The molecule has 0 bridgehead atoms. The second-order valence-electron chi connectivity index (χ2n) is 5.29. The normalized spacial score (nSPS) is 21.6. The van der Waals surface area contributed by atoms with E-state index >= 15 is 0 Å². The fourth-order valence-corrected chi connectivity index (χ4v) is 2.65. The minimum Gasteiger partial charge on any atom is -0.392 e. The summed E-state index contributed by atoms with van der Waals surface area (Å²) in [5, 5.41) is 16.2. The summed E-state index contributed by atoms with van der Waals surface area (Å²) in [4.78, 5) is 0. The first kappa shape index (κ1) is 13.4. The quantitative estimate of drug-likeness (QED) is 0.750. The molecule has 2 unspecified atom stereocenters. The number of anilines is 1. The largest absolute Gasteiger partial charge is 0.392 e. The molecule has 0 aromatic heterocycles. The molecule has 100 valence electrons. The van der Waals surface area contributed by atoms with E-state index in [9.17, 15) is 0 Å². The van der Waals surface area contributed by atoms with Crippen molar-refractivity contribution in [3.63, 3.8) is 0 Å². The van der Waals surface area contributed by atoms with Crippen LogP contribution in [0.2, 0.25) is 0 Å². The van der Waals surface area contributed by atoms with Gasteiger partial charge in [-0.25, -0.2) is 0 Å². The minimum absolute atomic E-state index is 0.105. The van der Waals surface area contributed by atoms with Crippen LogP contribution in [0.4, 0.5) is 5.69 Å². The van der Waals surface area contributed by atoms with Gasteiger partial charge in [0.05, 0.1) is 6.61 Å². The molecule has 0 radical (unpaired) electrons. The van der Waals surface area contributed by atoms with E-state index in [1.54, 1.807) is 0 Å². The monoisotopic (exact) mass is 248 g/mol.